The van der Waals surface area contributed by atoms with Crippen LogP contribution in [0.15, 0.2) is 18.2 Å². The monoisotopic (exact) mass is 236 g/mol. The van der Waals surface area contributed by atoms with Crippen molar-refractivity contribution in [3.8, 4) is 0 Å². The van der Waals surface area contributed by atoms with Gasteiger partial charge in [-0.1, -0.05) is 0 Å². The molecule has 0 bridgehead atoms. The average molecular weight is 236 g/mol. The smallest absolute Gasteiger partial charge is 0.337 e. The van der Waals surface area contributed by atoms with E-state index in [9.17, 15) is 4.79 Å². The van der Waals surface area contributed by atoms with Gasteiger partial charge in [0.25, 0.3) is 0 Å². The molecule has 1 aromatic rings. The molecule has 1 saturated heterocycles. The Bertz CT molecular complexity index is 416. The zero-order valence-electron chi connectivity index (χ0n) is 9.73. The van der Waals surface area contributed by atoms with Gasteiger partial charge in [-0.05, 0) is 24.6 Å². The van der Waals surface area contributed by atoms with Crippen molar-refractivity contribution in [1.29, 1.82) is 0 Å². The molecule has 0 aromatic heterocycles. The Morgan fingerprint density at radius 3 is 2.94 bits per heavy atom. The predicted octanol–water partition coefficient (Wildman–Crippen LogP) is 1.26. The fourth-order valence-electron chi connectivity index (χ4n) is 1.64. The molecule has 2 rings (SSSR count). The minimum atomic E-state index is -0.384. The van der Waals surface area contributed by atoms with Gasteiger partial charge in [-0.2, -0.15) is 0 Å². The van der Waals surface area contributed by atoms with Gasteiger partial charge < -0.3 is 20.5 Å². The van der Waals surface area contributed by atoms with Crippen molar-refractivity contribution in [2.75, 3.05) is 31.3 Å². The molecule has 1 atom stereocenters. The summed E-state index contributed by atoms with van der Waals surface area (Å²) >= 11 is 0. The second-order valence-electron chi connectivity index (χ2n) is 3.96. The number of carbonyl (C=O) groups is 1. The number of rotatable bonds is 4. The van der Waals surface area contributed by atoms with E-state index in [0.717, 1.165) is 25.3 Å². The first-order valence-corrected chi connectivity index (χ1v) is 5.54. The molecular weight excluding hydrogens is 220 g/mol. The van der Waals surface area contributed by atoms with E-state index < -0.39 is 0 Å². The molecule has 1 fully saturated rings. The molecule has 1 heterocycles. The number of carbonyl (C=O) groups excluding carboxylic acids is 1. The standard InChI is InChI=1S/C12H16N2O3/c1-16-12(15)8-2-3-11(10(13)6-8)14-7-9-4-5-17-9/h2-3,6,9,14H,4-5,7,13H2,1H3/t9-/m0/s1. The van der Waals surface area contributed by atoms with E-state index in [1.165, 1.54) is 7.11 Å². The molecule has 0 amide bonds. The summed E-state index contributed by atoms with van der Waals surface area (Å²) in [6.07, 6.45) is 1.35. The minimum absolute atomic E-state index is 0.273. The van der Waals surface area contributed by atoms with Gasteiger partial charge >= 0.3 is 5.97 Å². The summed E-state index contributed by atoms with van der Waals surface area (Å²) in [5, 5.41) is 3.20. The number of esters is 1. The van der Waals surface area contributed by atoms with Crippen LogP contribution < -0.4 is 11.1 Å². The molecular formula is C12H16N2O3. The van der Waals surface area contributed by atoms with Gasteiger partial charge in [0.15, 0.2) is 0 Å². The van der Waals surface area contributed by atoms with Gasteiger partial charge in [0.2, 0.25) is 0 Å². The van der Waals surface area contributed by atoms with Crippen LogP contribution in [0.1, 0.15) is 16.8 Å². The molecule has 0 spiro atoms. The number of hydrogen-bond donors (Lipinski definition) is 2. The number of nitrogens with two attached hydrogens (primary N) is 1. The van der Waals surface area contributed by atoms with Crippen LogP contribution in [-0.2, 0) is 9.47 Å². The fourth-order valence-corrected chi connectivity index (χ4v) is 1.64. The normalized spacial score (nSPS) is 18.3. The number of benzene rings is 1. The molecule has 92 valence electrons. The second kappa shape index (κ2) is 5.05. The lowest BCUT2D eigenvalue weighted by molar-refractivity contribution is -0.0410. The van der Waals surface area contributed by atoms with Gasteiger partial charge in [-0.3, -0.25) is 0 Å². The van der Waals surface area contributed by atoms with E-state index in [2.05, 4.69) is 10.1 Å². The number of anilines is 2. The topological polar surface area (TPSA) is 73.6 Å². The van der Waals surface area contributed by atoms with Crippen LogP contribution in [0, 0.1) is 0 Å². The van der Waals surface area contributed by atoms with E-state index >= 15 is 0 Å². The van der Waals surface area contributed by atoms with Gasteiger partial charge in [-0.25, -0.2) is 4.79 Å². The Morgan fingerprint density at radius 2 is 2.41 bits per heavy atom. The Labute approximate surface area is 99.9 Å². The lowest BCUT2D eigenvalue weighted by Gasteiger charge is -2.27. The highest BCUT2D eigenvalue weighted by molar-refractivity contribution is 5.91. The van der Waals surface area contributed by atoms with Crippen LogP contribution in [0.5, 0.6) is 0 Å². The number of hydrogen-bond acceptors (Lipinski definition) is 5. The summed E-state index contributed by atoms with van der Waals surface area (Å²) in [4.78, 5) is 11.3. The summed E-state index contributed by atoms with van der Waals surface area (Å²) < 4.78 is 9.92. The van der Waals surface area contributed by atoms with Crippen molar-refractivity contribution >= 4 is 17.3 Å². The Morgan fingerprint density at radius 1 is 1.65 bits per heavy atom. The van der Waals surface area contributed by atoms with Crippen molar-refractivity contribution < 1.29 is 14.3 Å². The molecule has 0 radical (unpaired) electrons. The van der Waals surface area contributed by atoms with Crippen LogP contribution in [-0.4, -0.2) is 32.3 Å². The maximum Gasteiger partial charge on any atom is 0.337 e. The van der Waals surface area contributed by atoms with Crippen molar-refractivity contribution in [3.05, 3.63) is 23.8 Å². The van der Waals surface area contributed by atoms with Gasteiger partial charge in [0, 0.05) is 13.2 Å². The van der Waals surface area contributed by atoms with E-state index in [0.29, 0.717) is 11.3 Å². The summed E-state index contributed by atoms with van der Waals surface area (Å²) in [6.45, 7) is 1.57. The number of ether oxygens (including phenoxy) is 2. The first-order valence-electron chi connectivity index (χ1n) is 5.54. The highest BCUT2D eigenvalue weighted by Crippen LogP contribution is 2.21. The predicted molar refractivity (Wildman–Crippen MR) is 65.0 cm³/mol. The Balaban J connectivity index is 2.00. The van der Waals surface area contributed by atoms with Gasteiger partial charge in [0.05, 0.1) is 30.2 Å². The van der Waals surface area contributed by atoms with E-state index in [1.54, 1.807) is 18.2 Å². The second-order valence-corrected chi connectivity index (χ2v) is 3.96. The van der Waals surface area contributed by atoms with E-state index in [4.69, 9.17) is 10.5 Å². The molecule has 1 aromatic carbocycles. The molecule has 1 aliphatic rings. The van der Waals surface area contributed by atoms with Gasteiger partial charge in [-0.15, -0.1) is 0 Å². The first-order chi connectivity index (χ1) is 8.20. The highest BCUT2D eigenvalue weighted by Gasteiger charge is 2.17. The lowest BCUT2D eigenvalue weighted by Crippen LogP contribution is -2.33. The highest BCUT2D eigenvalue weighted by atomic mass is 16.5. The summed E-state index contributed by atoms with van der Waals surface area (Å²) in [6, 6.07) is 5.07. The third-order valence-corrected chi connectivity index (χ3v) is 2.79. The summed E-state index contributed by atoms with van der Waals surface area (Å²) in [5.74, 6) is -0.384. The molecule has 17 heavy (non-hydrogen) atoms. The summed E-state index contributed by atoms with van der Waals surface area (Å²) in [7, 11) is 1.35. The number of nitrogens with one attached hydrogen (secondary N) is 1. The Kier molecular flexibility index (Phi) is 3.49. The maximum absolute atomic E-state index is 11.3. The number of methoxy groups -OCH3 is 1. The van der Waals surface area contributed by atoms with Crippen LogP contribution in [0.25, 0.3) is 0 Å². The van der Waals surface area contributed by atoms with E-state index in [1.807, 2.05) is 0 Å². The zero-order valence-corrected chi connectivity index (χ0v) is 9.73. The summed E-state index contributed by atoms with van der Waals surface area (Å²) in [5.41, 5.74) is 7.65. The average Bonchev–Trinajstić information content (AvgIpc) is 2.28. The Hall–Kier alpha value is -1.75. The molecule has 0 saturated carbocycles. The van der Waals surface area contributed by atoms with Crippen molar-refractivity contribution in [2.24, 2.45) is 0 Å². The zero-order chi connectivity index (χ0) is 12.3. The van der Waals surface area contributed by atoms with E-state index in [-0.39, 0.29) is 12.1 Å². The third-order valence-electron chi connectivity index (χ3n) is 2.79. The van der Waals surface area contributed by atoms with Crippen molar-refractivity contribution in [2.45, 2.75) is 12.5 Å². The minimum Gasteiger partial charge on any atom is -0.465 e. The van der Waals surface area contributed by atoms with Crippen molar-refractivity contribution in [3.63, 3.8) is 0 Å². The molecule has 0 unspecified atom stereocenters. The quantitative estimate of drug-likeness (QED) is 0.608. The molecule has 5 nitrogen and oxygen atoms in total. The van der Waals surface area contributed by atoms with Crippen LogP contribution in [0.3, 0.4) is 0 Å². The largest absolute Gasteiger partial charge is 0.465 e. The van der Waals surface area contributed by atoms with Crippen LogP contribution in [0.2, 0.25) is 0 Å². The SMILES string of the molecule is COC(=O)c1ccc(NC[C@@H]2CCO2)c(N)c1. The number of nitrogen functional groups attached to an aromatic ring is 1. The molecule has 0 aliphatic carbocycles. The van der Waals surface area contributed by atoms with Gasteiger partial charge in [0.1, 0.15) is 0 Å². The van der Waals surface area contributed by atoms with Crippen LogP contribution >= 0.6 is 0 Å². The first kappa shape index (κ1) is 11.7. The molecule has 1 aliphatic heterocycles. The fraction of sp³-hybridized carbons (Fsp3) is 0.417. The lowest BCUT2D eigenvalue weighted by atomic mass is 10.1. The molecule has 3 N–H and O–H groups in total. The van der Waals surface area contributed by atoms with Crippen molar-refractivity contribution in [1.82, 2.24) is 0 Å². The third kappa shape index (κ3) is 2.68. The van der Waals surface area contributed by atoms with Crippen LogP contribution in [0.4, 0.5) is 11.4 Å². The molecule has 5 heteroatoms. The maximum atomic E-state index is 11.3.